The molecule has 0 saturated carbocycles. The first-order valence-corrected chi connectivity index (χ1v) is 13.8. The maximum Gasteiger partial charge on any atom is 0.174 e. The molecule has 5 rings (SSSR count). The van der Waals surface area contributed by atoms with E-state index in [2.05, 4.69) is 9.97 Å². The van der Waals surface area contributed by atoms with Crippen LogP contribution in [-0.2, 0) is 22.7 Å². The lowest BCUT2D eigenvalue weighted by Gasteiger charge is -2.16. The second-order valence-corrected chi connectivity index (χ2v) is 12.4. The van der Waals surface area contributed by atoms with Gasteiger partial charge in [0, 0.05) is 33.3 Å². The molecule has 1 unspecified atom stereocenters. The molecule has 3 aromatic heterocycles. The Kier molecular flexibility index (Phi) is 5.02. The fourth-order valence-corrected chi connectivity index (χ4v) is 8.72. The molecular formula is C21H23N3O3S3. The van der Waals surface area contributed by atoms with Crippen LogP contribution in [0, 0.1) is 13.8 Å². The number of thiophene rings is 1. The van der Waals surface area contributed by atoms with E-state index in [0.29, 0.717) is 17.7 Å². The lowest BCUT2D eigenvalue weighted by atomic mass is 10.2. The summed E-state index contributed by atoms with van der Waals surface area (Å²) in [6.07, 6.45) is 5.56. The summed E-state index contributed by atoms with van der Waals surface area (Å²) in [5.74, 6) is 0.749. The van der Waals surface area contributed by atoms with Crippen LogP contribution in [0.4, 0.5) is 0 Å². The van der Waals surface area contributed by atoms with Crippen molar-refractivity contribution in [1.82, 2.24) is 14.5 Å². The number of carbonyl (C=O) groups excluding carboxylic acids is 1. The first-order chi connectivity index (χ1) is 14.3. The van der Waals surface area contributed by atoms with E-state index in [1.165, 1.54) is 28.6 Å². The van der Waals surface area contributed by atoms with E-state index < -0.39 is 9.84 Å². The average Bonchev–Trinajstić information content (AvgIpc) is 3.43. The summed E-state index contributed by atoms with van der Waals surface area (Å²) in [4.78, 5) is 24.4. The van der Waals surface area contributed by atoms with Crippen LogP contribution in [0.5, 0.6) is 0 Å². The summed E-state index contributed by atoms with van der Waals surface area (Å²) in [5.41, 5.74) is 3.86. The van der Waals surface area contributed by atoms with Crippen LogP contribution in [0.1, 0.15) is 51.1 Å². The number of hydrogen-bond acceptors (Lipinski definition) is 7. The van der Waals surface area contributed by atoms with Gasteiger partial charge in [-0.05, 0) is 51.2 Å². The summed E-state index contributed by atoms with van der Waals surface area (Å²) in [5, 5.41) is 2.03. The first kappa shape index (κ1) is 20.2. The van der Waals surface area contributed by atoms with Gasteiger partial charge in [0.1, 0.15) is 16.2 Å². The highest BCUT2D eigenvalue weighted by Crippen LogP contribution is 2.40. The Balaban J connectivity index is 1.38. The van der Waals surface area contributed by atoms with E-state index >= 15 is 0 Å². The van der Waals surface area contributed by atoms with Gasteiger partial charge in [-0.3, -0.25) is 4.79 Å². The van der Waals surface area contributed by atoms with E-state index in [4.69, 9.17) is 0 Å². The van der Waals surface area contributed by atoms with Crippen LogP contribution >= 0.6 is 23.1 Å². The Morgan fingerprint density at radius 2 is 2.13 bits per heavy atom. The monoisotopic (exact) mass is 461 g/mol. The molecule has 9 heteroatoms. The molecule has 1 saturated heterocycles. The molecule has 1 atom stereocenters. The Labute approximate surface area is 184 Å². The van der Waals surface area contributed by atoms with Gasteiger partial charge >= 0.3 is 0 Å². The number of aromatic nitrogens is 3. The number of rotatable bonds is 5. The molecule has 0 spiro atoms. The standard InChI is InChI=1S/C21H23N3O3S3/c1-12-8-16(13(2)24(12)14-6-7-30(26,27)10-14)17(25)9-28-20-19-15-4-3-5-18(15)29-21(19)23-11-22-20/h8,11,14H,3-7,9-10H2,1-2H3. The molecule has 1 aliphatic heterocycles. The molecule has 0 N–H and O–H groups in total. The minimum Gasteiger partial charge on any atom is -0.344 e. The Morgan fingerprint density at radius 3 is 2.90 bits per heavy atom. The van der Waals surface area contributed by atoms with Crippen LogP contribution < -0.4 is 0 Å². The van der Waals surface area contributed by atoms with Crippen molar-refractivity contribution in [2.45, 2.75) is 50.6 Å². The van der Waals surface area contributed by atoms with Crippen LogP contribution in [0.25, 0.3) is 10.2 Å². The van der Waals surface area contributed by atoms with E-state index in [1.54, 1.807) is 17.7 Å². The number of hydrogen-bond donors (Lipinski definition) is 0. The molecule has 3 aromatic rings. The smallest absolute Gasteiger partial charge is 0.174 e. The van der Waals surface area contributed by atoms with Gasteiger partial charge in [-0.2, -0.15) is 0 Å². The highest BCUT2D eigenvalue weighted by molar-refractivity contribution is 8.00. The van der Waals surface area contributed by atoms with Crippen molar-refractivity contribution in [3.63, 3.8) is 0 Å². The number of sulfone groups is 1. The predicted molar refractivity (Wildman–Crippen MR) is 121 cm³/mol. The van der Waals surface area contributed by atoms with Crippen molar-refractivity contribution < 1.29 is 13.2 Å². The molecule has 0 radical (unpaired) electrons. The van der Waals surface area contributed by atoms with Crippen LogP contribution in [0.15, 0.2) is 17.4 Å². The van der Waals surface area contributed by atoms with Crippen LogP contribution in [0.3, 0.4) is 0 Å². The molecule has 0 bridgehead atoms. The van der Waals surface area contributed by atoms with Crippen LogP contribution in [-0.4, -0.2) is 46.0 Å². The predicted octanol–water partition coefficient (Wildman–Crippen LogP) is 3.93. The quantitative estimate of drug-likeness (QED) is 0.325. The number of ketones is 1. The SMILES string of the molecule is Cc1cc(C(=O)CSc2ncnc3sc4c(c23)CCC4)c(C)n1C1CCS(=O)(=O)C1. The largest absolute Gasteiger partial charge is 0.344 e. The van der Waals surface area contributed by atoms with Gasteiger partial charge in [0.05, 0.1) is 17.3 Å². The Morgan fingerprint density at radius 1 is 1.30 bits per heavy atom. The maximum atomic E-state index is 13.1. The minimum atomic E-state index is -2.98. The zero-order chi connectivity index (χ0) is 21.0. The van der Waals surface area contributed by atoms with Crippen molar-refractivity contribution in [2.75, 3.05) is 17.3 Å². The van der Waals surface area contributed by atoms with Gasteiger partial charge in [0.2, 0.25) is 0 Å². The van der Waals surface area contributed by atoms with Crippen molar-refractivity contribution in [3.8, 4) is 0 Å². The fraction of sp³-hybridized carbons (Fsp3) is 0.476. The summed E-state index contributed by atoms with van der Waals surface area (Å²) in [6, 6.07) is 1.83. The lowest BCUT2D eigenvalue weighted by molar-refractivity contribution is 0.102. The average molecular weight is 462 g/mol. The lowest BCUT2D eigenvalue weighted by Crippen LogP contribution is -2.14. The number of carbonyl (C=O) groups is 1. The molecule has 1 fully saturated rings. The van der Waals surface area contributed by atoms with Gasteiger partial charge in [-0.25, -0.2) is 18.4 Å². The Bertz CT molecular complexity index is 1270. The third-order valence-corrected chi connectivity index (χ3v) is 10.1. The minimum absolute atomic E-state index is 0.0545. The second kappa shape index (κ2) is 7.46. The molecule has 158 valence electrons. The molecule has 30 heavy (non-hydrogen) atoms. The molecule has 4 heterocycles. The number of Topliss-reactive ketones (excluding diaryl/α,β-unsaturated/α-hetero) is 1. The summed E-state index contributed by atoms with van der Waals surface area (Å²) >= 11 is 3.23. The van der Waals surface area contributed by atoms with Gasteiger partial charge < -0.3 is 4.57 Å². The number of fused-ring (bicyclic) bond motifs is 3. The molecule has 1 aliphatic carbocycles. The zero-order valence-corrected chi connectivity index (χ0v) is 19.4. The van der Waals surface area contributed by atoms with Gasteiger partial charge in [0.15, 0.2) is 15.6 Å². The highest BCUT2D eigenvalue weighted by Gasteiger charge is 2.31. The van der Waals surface area contributed by atoms with Gasteiger partial charge in [0.25, 0.3) is 0 Å². The normalized spacial score (nSPS) is 20.1. The molecule has 0 amide bonds. The van der Waals surface area contributed by atoms with E-state index in [1.807, 2.05) is 24.5 Å². The van der Waals surface area contributed by atoms with Gasteiger partial charge in [-0.1, -0.05) is 11.8 Å². The topological polar surface area (TPSA) is 81.9 Å². The van der Waals surface area contributed by atoms with Gasteiger partial charge in [-0.15, -0.1) is 11.3 Å². The number of thioether (sulfide) groups is 1. The Hall–Kier alpha value is -1.71. The molecule has 6 nitrogen and oxygen atoms in total. The van der Waals surface area contributed by atoms with Crippen molar-refractivity contribution in [1.29, 1.82) is 0 Å². The van der Waals surface area contributed by atoms with Crippen molar-refractivity contribution in [3.05, 3.63) is 39.8 Å². The van der Waals surface area contributed by atoms with Crippen molar-refractivity contribution in [2.24, 2.45) is 0 Å². The molecule has 2 aliphatic rings. The second-order valence-electron chi connectivity index (χ2n) is 8.14. The van der Waals surface area contributed by atoms with E-state index in [-0.39, 0.29) is 23.3 Å². The maximum absolute atomic E-state index is 13.1. The summed E-state index contributed by atoms with van der Waals surface area (Å²) in [6.45, 7) is 3.87. The van der Waals surface area contributed by atoms with Crippen LogP contribution in [0.2, 0.25) is 0 Å². The number of aryl methyl sites for hydroxylation is 3. The zero-order valence-electron chi connectivity index (χ0n) is 17.0. The molecule has 0 aromatic carbocycles. The van der Waals surface area contributed by atoms with E-state index in [9.17, 15) is 13.2 Å². The first-order valence-electron chi connectivity index (χ1n) is 10.1. The van der Waals surface area contributed by atoms with E-state index in [0.717, 1.165) is 39.5 Å². The number of nitrogens with zero attached hydrogens (tertiary/aromatic N) is 3. The van der Waals surface area contributed by atoms with Crippen molar-refractivity contribution >= 4 is 48.9 Å². The third kappa shape index (κ3) is 3.40. The fourth-order valence-electron chi connectivity index (χ4n) is 4.82. The third-order valence-electron chi connectivity index (χ3n) is 6.16. The summed E-state index contributed by atoms with van der Waals surface area (Å²) in [7, 11) is -2.98. The highest BCUT2D eigenvalue weighted by atomic mass is 32.2. The summed E-state index contributed by atoms with van der Waals surface area (Å²) < 4.78 is 25.9. The molecular weight excluding hydrogens is 438 g/mol.